The van der Waals surface area contributed by atoms with Crippen LogP contribution in [0.15, 0.2) is 449 Å². The van der Waals surface area contributed by atoms with Crippen molar-refractivity contribution in [2.75, 3.05) is 0 Å². The van der Waals surface area contributed by atoms with Gasteiger partial charge in [-0.15, -0.1) is 0 Å². The highest BCUT2D eigenvalue weighted by Gasteiger charge is 2.41. The van der Waals surface area contributed by atoms with Crippen LogP contribution >= 0.6 is 0 Å². The Hall–Kier alpha value is -18.5. The lowest BCUT2D eigenvalue weighted by Crippen LogP contribution is -2.15. The van der Waals surface area contributed by atoms with Gasteiger partial charge in [0.05, 0.1) is 71.9 Å². The topological polar surface area (TPSA) is 55.4 Å². The summed E-state index contributed by atoms with van der Waals surface area (Å²) in [6.45, 7) is 19.0. The molecule has 0 amide bonds. The van der Waals surface area contributed by atoms with Crippen molar-refractivity contribution in [3.05, 3.63) is 493 Å². The molecule has 0 fully saturated rings. The second-order valence-corrected chi connectivity index (χ2v) is 44.3. The van der Waals surface area contributed by atoms with E-state index in [4.69, 9.17) is 9.97 Å². The number of hydrogen-bond donors (Lipinski definition) is 0. The van der Waals surface area contributed by atoms with E-state index in [9.17, 15) is 0 Å². The van der Waals surface area contributed by atoms with E-state index in [1.807, 2.05) is 0 Å². The Kier molecular flexibility index (Phi) is 17.3. The fraction of sp³-hybridized carbons (Fsp3) is 0.0845. The van der Waals surface area contributed by atoms with Gasteiger partial charge in [-0.2, -0.15) is 4.98 Å². The first-order valence-corrected chi connectivity index (χ1v) is 52.6. The molecule has 0 atom stereocenters. The van der Waals surface area contributed by atoms with Gasteiger partial charge in [-0.3, -0.25) is 9.13 Å². The van der Waals surface area contributed by atoms with Crippen molar-refractivity contribution in [2.45, 2.75) is 77.0 Å². The summed E-state index contributed by atoms with van der Waals surface area (Å²) in [5.41, 5.74) is 49.5. The highest BCUT2D eigenvalue weighted by molar-refractivity contribution is 6.19. The summed E-state index contributed by atoms with van der Waals surface area (Å²) in [5, 5.41) is 14.0. The lowest BCUT2D eigenvalue weighted by molar-refractivity contribution is 0.660. The smallest absolute Gasteiger partial charge is 0.237 e. The zero-order valence-electron chi connectivity index (χ0n) is 84.3. The highest BCUT2D eigenvalue weighted by Crippen LogP contribution is 2.57. The summed E-state index contributed by atoms with van der Waals surface area (Å²) >= 11 is 0. The third kappa shape index (κ3) is 11.8. The molecule has 0 N–H and O–H groups in total. The summed E-state index contributed by atoms with van der Waals surface area (Å²) in [4.78, 5) is 12.0. The molecular weight excluding hydrogens is 1820 g/mol. The standard InChI is InChI=1S/C142H98N8/c1-139(2)116-38-20-12-30-96(116)100-58-54-92(78-120(100)139)145-125-42-24-16-34-104(125)108-70-84(46-62-129(108)145)88-50-66-133-112(74-88)113-75-89(85-47-63-130-109(71-85)105-35-17-25-43-126(105)146(130)93-55-59-101-97-31-13-21-39-117(97)140(3,4)121(101)79-93)51-67-134(113)149(133)137-82-124(83-28-10-9-11-29-83)143-138(144-137)150-135-68-52-90(86-48-64-131-110(72-86)106-36-18-26-44-127(106)147(131)94-56-60-102-98-32-14-22-40-118(98)141(5,6)122(102)80-94)76-114(135)115-77-91(53-69-136(115)150)87-49-65-132-111(73-87)107-37-19-27-45-128(107)148(132)95-57-61-103-99-33-15-23-41-119(99)142(7,8)123(103)81-95/h9-82H,1-8H3. The molecule has 0 radical (unpaired) electrons. The molecule has 21 aromatic carbocycles. The zero-order valence-corrected chi connectivity index (χ0v) is 84.3. The zero-order chi connectivity index (χ0) is 99.5. The van der Waals surface area contributed by atoms with Crippen molar-refractivity contribution >= 4 is 131 Å². The molecule has 4 aliphatic carbocycles. The largest absolute Gasteiger partial charge is 0.309 e. The average Bonchev–Trinajstić information content (AvgIpc) is 1.57. The Morgan fingerprint density at radius 1 is 0.147 bits per heavy atom. The van der Waals surface area contributed by atoms with E-state index < -0.39 is 0 Å². The normalized spacial score (nSPS) is 14.2. The minimum Gasteiger partial charge on any atom is -0.309 e. The number of aromatic nitrogens is 8. The molecule has 4 aliphatic rings. The van der Waals surface area contributed by atoms with Gasteiger partial charge >= 0.3 is 0 Å². The number of para-hydroxylation sites is 4. The molecule has 0 saturated heterocycles. The summed E-state index contributed by atoms with van der Waals surface area (Å²) in [6, 6.07) is 170. The molecular formula is C142H98N8. The van der Waals surface area contributed by atoms with Crippen molar-refractivity contribution in [3.63, 3.8) is 0 Å². The summed E-state index contributed by atoms with van der Waals surface area (Å²) in [5.74, 6) is 1.30. The number of rotatable bonds is 11. The molecule has 0 spiro atoms. The molecule has 0 bridgehead atoms. The number of nitrogens with zero attached hydrogens (tertiary/aromatic N) is 8. The minimum atomic E-state index is -0.159. The molecule has 28 aromatic rings. The van der Waals surface area contributed by atoms with Crippen LogP contribution in [-0.2, 0) is 21.7 Å². The third-order valence-electron chi connectivity index (χ3n) is 35.1. The Bertz CT molecular complexity index is 9730. The van der Waals surface area contributed by atoms with Crippen LogP contribution in [0.25, 0.3) is 266 Å². The Labute approximate surface area is 867 Å². The average molecular weight is 1920 g/mol. The SMILES string of the molecule is CC1(C)c2ccccc2-c2ccc(-n3c4ccccc4c4cc(-c5ccc6c(c5)c5cc(-c7ccc8c(c7)c7ccccc7n8-c7ccc8c(c7)C(C)(C)c7ccccc7-8)ccc5n6-c5cc(-c6ccccc6)nc(-n6c7ccc(-c8ccc9c(c8)c8ccccc8n9-c8ccc9c(c8)C(C)(C)c8ccccc8-9)cc7c7cc(-c8ccc9c(c8)c8ccccc8n9-c8ccc9c(c8)C(C)(C)c8ccccc8-9)ccc76)n5)ccc43)cc21. The second kappa shape index (κ2) is 30.6. The van der Waals surface area contributed by atoms with Crippen molar-refractivity contribution in [1.82, 2.24) is 37.4 Å². The third-order valence-corrected chi connectivity index (χ3v) is 35.1. The van der Waals surface area contributed by atoms with E-state index in [-0.39, 0.29) is 21.7 Å². The molecule has 8 heteroatoms. The monoisotopic (exact) mass is 1910 g/mol. The maximum Gasteiger partial charge on any atom is 0.237 e. The van der Waals surface area contributed by atoms with E-state index in [0.29, 0.717) is 5.95 Å². The first-order valence-electron chi connectivity index (χ1n) is 52.6. The van der Waals surface area contributed by atoms with Gasteiger partial charge in [0.25, 0.3) is 0 Å². The fourth-order valence-electron chi connectivity index (χ4n) is 27.7. The van der Waals surface area contributed by atoms with Gasteiger partial charge in [0, 0.05) is 121 Å². The van der Waals surface area contributed by atoms with Crippen LogP contribution in [0.3, 0.4) is 0 Å². The van der Waals surface area contributed by atoms with Gasteiger partial charge in [0.2, 0.25) is 5.95 Å². The van der Waals surface area contributed by atoms with E-state index in [1.165, 1.54) is 154 Å². The van der Waals surface area contributed by atoms with E-state index in [2.05, 4.69) is 532 Å². The first kappa shape index (κ1) is 84.8. The van der Waals surface area contributed by atoms with Gasteiger partial charge in [0.15, 0.2) is 0 Å². The number of benzene rings is 21. The molecule has 706 valence electrons. The van der Waals surface area contributed by atoms with Gasteiger partial charge < -0.3 is 18.3 Å². The fourth-order valence-corrected chi connectivity index (χ4v) is 27.7. The number of fused-ring (bicyclic) bond motifs is 30. The Morgan fingerprint density at radius 3 is 0.633 bits per heavy atom. The predicted octanol–water partition coefficient (Wildman–Crippen LogP) is 36.6. The van der Waals surface area contributed by atoms with Crippen molar-refractivity contribution in [2.24, 2.45) is 0 Å². The van der Waals surface area contributed by atoms with Gasteiger partial charge in [-0.05, 0) is 303 Å². The van der Waals surface area contributed by atoms with Crippen LogP contribution in [0.5, 0.6) is 0 Å². The maximum atomic E-state index is 6.08. The molecule has 0 saturated carbocycles. The summed E-state index contributed by atoms with van der Waals surface area (Å²) in [6.07, 6.45) is 0. The van der Waals surface area contributed by atoms with Gasteiger partial charge in [-0.25, -0.2) is 4.98 Å². The molecule has 32 rings (SSSR count). The molecule has 0 aliphatic heterocycles. The molecule has 7 aromatic heterocycles. The first-order chi connectivity index (χ1) is 73.4. The second-order valence-electron chi connectivity index (χ2n) is 44.3. The van der Waals surface area contributed by atoms with Crippen molar-refractivity contribution < 1.29 is 0 Å². The molecule has 150 heavy (non-hydrogen) atoms. The van der Waals surface area contributed by atoms with E-state index in [1.54, 1.807) is 0 Å². The van der Waals surface area contributed by atoms with Crippen LogP contribution in [0.4, 0.5) is 0 Å². The number of hydrogen-bond acceptors (Lipinski definition) is 2. The van der Waals surface area contributed by atoms with Gasteiger partial charge in [0.1, 0.15) is 5.82 Å². The predicted molar refractivity (Wildman–Crippen MR) is 626 cm³/mol. The lowest BCUT2D eigenvalue weighted by atomic mass is 9.82. The van der Waals surface area contributed by atoms with Crippen LogP contribution in [0.1, 0.15) is 99.9 Å². The Morgan fingerprint density at radius 2 is 0.360 bits per heavy atom. The van der Waals surface area contributed by atoms with E-state index >= 15 is 0 Å². The van der Waals surface area contributed by atoms with Crippen LogP contribution in [-0.4, -0.2) is 37.4 Å². The lowest BCUT2D eigenvalue weighted by Gasteiger charge is -2.22. The van der Waals surface area contributed by atoms with E-state index in [0.717, 1.165) is 150 Å². The highest BCUT2D eigenvalue weighted by atomic mass is 15.2. The van der Waals surface area contributed by atoms with Crippen LogP contribution in [0.2, 0.25) is 0 Å². The van der Waals surface area contributed by atoms with Crippen molar-refractivity contribution in [1.29, 1.82) is 0 Å². The van der Waals surface area contributed by atoms with Gasteiger partial charge in [-0.1, -0.05) is 328 Å². The summed E-state index contributed by atoms with van der Waals surface area (Å²) < 4.78 is 14.7. The summed E-state index contributed by atoms with van der Waals surface area (Å²) in [7, 11) is 0. The molecule has 8 nitrogen and oxygen atoms in total. The maximum absolute atomic E-state index is 6.08. The quantitative estimate of drug-likeness (QED) is 0.130. The minimum absolute atomic E-state index is 0.158. The molecule has 7 heterocycles. The van der Waals surface area contributed by atoms with Crippen molar-refractivity contribution in [3.8, 4) is 135 Å². The Balaban J connectivity index is 0.586. The van der Waals surface area contributed by atoms with Crippen LogP contribution in [0, 0.1) is 0 Å². The molecule has 0 unspecified atom stereocenters. The van der Waals surface area contributed by atoms with Crippen LogP contribution < -0.4 is 0 Å².